The number of nitrogens with zero attached hydrogens (tertiary/aromatic N) is 4. The van der Waals surface area contributed by atoms with Crippen LogP contribution in [0.5, 0.6) is 0 Å². The summed E-state index contributed by atoms with van der Waals surface area (Å²) in [6.45, 7) is 0. The molecular weight excluding hydrogens is 298 g/mol. The van der Waals surface area contributed by atoms with Crippen LogP contribution in [0.15, 0.2) is 85.2 Å². The Bertz CT molecular complexity index is 932. The number of para-hydroxylation sites is 2. The summed E-state index contributed by atoms with van der Waals surface area (Å²) >= 11 is 0. The van der Waals surface area contributed by atoms with Crippen LogP contribution < -0.4 is 5.32 Å². The molecule has 5 heteroatoms. The highest BCUT2D eigenvalue weighted by Gasteiger charge is 2.09. The Balaban J connectivity index is 1.69. The fraction of sp³-hybridized carbons (Fsp3) is 0. The van der Waals surface area contributed by atoms with Crippen LogP contribution in [-0.2, 0) is 0 Å². The second kappa shape index (κ2) is 6.34. The first-order valence-corrected chi connectivity index (χ1v) is 7.65. The van der Waals surface area contributed by atoms with Gasteiger partial charge in [0.05, 0.1) is 23.3 Å². The van der Waals surface area contributed by atoms with E-state index in [9.17, 15) is 0 Å². The average Bonchev–Trinajstić information content (AvgIpc) is 3.13. The molecule has 2 aromatic heterocycles. The van der Waals surface area contributed by atoms with Gasteiger partial charge in [0.2, 0.25) is 5.95 Å². The van der Waals surface area contributed by atoms with Crippen molar-refractivity contribution < 1.29 is 0 Å². The van der Waals surface area contributed by atoms with Crippen molar-refractivity contribution in [3.05, 3.63) is 85.2 Å². The molecule has 5 nitrogen and oxygen atoms in total. The highest BCUT2D eigenvalue weighted by molar-refractivity contribution is 5.60. The van der Waals surface area contributed by atoms with E-state index < -0.39 is 0 Å². The van der Waals surface area contributed by atoms with Crippen molar-refractivity contribution in [3.63, 3.8) is 0 Å². The molecule has 0 saturated carbocycles. The van der Waals surface area contributed by atoms with E-state index in [4.69, 9.17) is 0 Å². The first-order valence-electron chi connectivity index (χ1n) is 7.65. The normalized spacial score (nSPS) is 10.5. The van der Waals surface area contributed by atoms with Crippen molar-refractivity contribution in [2.45, 2.75) is 0 Å². The Morgan fingerprint density at radius 2 is 1.50 bits per heavy atom. The lowest BCUT2D eigenvalue weighted by atomic mass is 10.2. The van der Waals surface area contributed by atoms with Gasteiger partial charge in [-0.25, -0.2) is 14.6 Å². The number of hydrogen-bond acceptors (Lipinski definition) is 4. The third-order valence-corrected chi connectivity index (χ3v) is 3.59. The van der Waals surface area contributed by atoms with Crippen LogP contribution in [0.2, 0.25) is 0 Å². The molecule has 0 aliphatic rings. The Kier molecular flexibility index (Phi) is 3.73. The average molecular weight is 313 g/mol. The van der Waals surface area contributed by atoms with Gasteiger partial charge in [-0.2, -0.15) is 5.10 Å². The second-order valence-corrected chi connectivity index (χ2v) is 5.22. The largest absolute Gasteiger partial charge is 0.324 e. The Hall–Kier alpha value is -3.47. The van der Waals surface area contributed by atoms with Gasteiger partial charge in [-0.3, -0.25) is 0 Å². The molecule has 0 atom stereocenters. The minimum atomic E-state index is 0.555. The lowest BCUT2D eigenvalue weighted by Crippen LogP contribution is -2.02. The maximum atomic E-state index is 4.61. The second-order valence-electron chi connectivity index (χ2n) is 5.22. The predicted molar refractivity (Wildman–Crippen MR) is 94.3 cm³/mol. The third kappa shape index (κ3) is 2.87. The van der Waals surface area contributed by atoms with Crippen molar-refractivity contribution in [2.75, 3.05) is 5.32 Å². The monoisotopic (exact) mass is 313 g/mol. The molecular formula is C19H15N5. The van der Waals surface area contributed by atoms with Crippen molar-refractivity contribution in [1.29, 1.82) is 0 Å². The summed E-state index contributed by atoms with van der Waals surface area (Å²) in [6, 6.07) is 23.7. The minimum absolute atomic E-state index is 0.555. The fourth-order valence-electron chi connectivity index (χ4n) is 2.48. The molecule has 116 valence electrons. The van der Waals surface area contributed by atoms with Gasteiger partial charge < -0.3 is 5.32 Å². The number of rotatable bonds is 4. The van der Waals surface area contributed by atoms with E-state index in [1.165, 1.54) is 0 Å². The molecule has 4 rings (SSSR count). The summed E-state index contributed by atoms with van der Waals surface area (Å²) in [4.78, 5) is 8.91. The standard InChI is InChI=1S/C19H15N5/c1-3-7-15(8-4-1)22-19-20-13-11-17(23-19)18-12-14-21-24(18)16-9-5-2-6-10-16/h1-14H,(H,20,22,23). The van der Waals surface area contributed by atoms with Gasteiger partial charge in [0.1, 0.15) is 0 Å². The summed E-state index contributed by atoms with van der Waals surface area (Å²) in [6.07, 6.45) is 3.52. The van der Waals surface area contributed by atoms with Crippen LogP contribution in [-0.4, -0.2) is 19.7 Å². The molecule has 0 aliphatic heterocycles. The van der Waals surface area contributed by atoms with Gasteiger partial charge >= 0.3 is 0 Å². The summed E-state index contributed by atoms with van der Waals surface area (Å²) in [5.41, 5.74) is 3.67. The van der Waals surface area contributed by atoms with E-state index in [0.29, 0.717) is 5.95 Å². The number of nitrogens with one attached hydrogen (secondary N) is 1. The summed E-state index contributed by atoms with van der Waals surface area (Å²) in [5.74, 6) is 0.555. The fourth-order valence-corrected chi connectivity index (χ4v) is 2.48. The topological polar surface area (TPSA) is 55.6 Å². The molecule has 0 aliphatic carbocycles. The van der Waals surface area contributed by atoms with E-state index >= 15 is 0 Å². The highest BCUT2D eigenvalue weighted by Crippen LogP contribution is 2.22. The van der Waals surface area contributed by atoms with Crippen LogP contribution in [0, 0.1) is 0 Å². The Morgan fingerprint density at radius 1 is 0.750 bits per heavy atom. The molecule has 0 amide bonds. The van der Waals surface area contributed by atoms with Gasteiger partial charge in [0, 0.05) is 11.9 Å². The SMILES string of the molecule is c1ccc(Nc2nccc(-c3ccnn3-c3ccccc3)n2)cc1. The quantitative estimate of drug-likeness (QED) is 0.617. The zero-order valence-corrected chi connectivity index (χ0v) is 12.9. The molecule has 2 aromatic carbocycles. The van der Waals surface area contributed by atoms with Crippen molar-refractivity contribution in [3.8, 4) is 17.1 Å². The maximum Gasteiger partial charge on any atom is 0.227 e. The molecule has 0 unspecified atom stereocenters. The lowest BCUT2D eigenvalue weighted by molar-refractivity contribution is 0.883. The summed E-state index contributed by atoms with van der Waals surface area (Å²) < 4.78 is 1.87. The smallest absolute Gasteiger partial charge is 0.227 e. The molecule has 0 radical (unpaired) electrons. The predicted octanol–water partition coefficient (Wildman–Crippen LogP) is 4.07. The van der Waals surface area contributed by atoms with E-state index in [-0.39, 0.29) is 0 Å². The number of hydrogen-bond donors (Lipinski definition) is 1. The van der Waals surface area contributed by atoms with Gasteiger partial charge in [-0.15, -0.1) is 0 Å². The Morgan fingerprint density at radius 3 is 2.29 bits per heavy atom. The van der Waals surface area contributed by atoms with Crippen molar-refractivity contribution >= 4 is 11.6 Å². The minimum Gasteiger partial charge on any atom is -0.324 e. The van der Waals surface area contributed by atoms with E-state index in [0.717, 1.165) is 22.8 Å². The molecule has 24 heavy (non-hydrogen) atoms. The molecule has 0 spiro atoms. The maximum absolute atomic E-state index is 4.61. The zero-order chi connectivity index (χ0) is 16.2. The first kappa shape index (κ1) is 14.1. The van der Waals surface area contributed by atoms with E-state index in [2.05, 4.69) is 20.4 Å². The van der Waals surface area contributed by atoms with Gasteiger partial charge in [0.25, 0.3) is 0 Å². The first-order chi connectivity index (χ1) is 11.9. The summed E-state index contributed by atoms with van der Waals surface area (Å²) in [5, 5.41) is 7.63. The lowest BCUT2D eigenvalue weighted by Gasteiger charge is -2.09. The molecule has 4 aromatic rings. The molecule has 0 bridgehead atoms. The van der Waals surface area contributed by atoms with Gasteiger partial charge in [-0.05, 0) is 36.4 Å². The van der Waals surface area contributed by atoms with Gasteiger partial charge in [-0.1, -0.05) is 36.4 Å². The number of aromatic nitrogens is 4. The van der Waals surface area contributed by atoms with Crippen molar-refractivity contribution in [1.82, 2.24) is 19.7 Å². The number of benzene rings is 2. The van der Waals surface area contributed by atoms with E-state index in [1.54, 1.807) is 12.4 Å². The zero-order valence-electron chi connectivity index (χ0n) is 12.9. The van der Waals surface area contributed by atoms with Crippen molar-refractivity contribution in [2.24, 2.45) is 0 Å². The van der Waals surface area contributed by atoms with Crippen LogP contribution in [0.25, 0.3) is 17.1 Å². The third-order valence-electron chi connectivity index (χ3n) is 3.59. The highest BCUT2D eigenvalue weighted by atomic mass is 15.3. The van der Waals surface area contributed by atoms with Crippen LogP contribution in [0.3, 0.4) is 0 Å². The van der Waals surface area contributed by atoms with Gasteiger partial charge in [0.15, 0.2) is 0 Å². The molecule has 1 N–H and O–H groups in total. The summed E-state index contributed by atoms with van der Waals surface area (Å²) in [7, 11) is 0. The number of anilines is 2. The van der Waals surface area contributed by atoms with Crippen LogP contribution in [0.1, 0.15) is 0 Å². The molecule has 2 heterocycles. The van der Waals surface area contributed by atoms with E-state index in [1.807, 2.05) is 77.5 Å². The molecule has 0 saturated heterocycles. The van der Waals surface area contributed by atoms with Crippen LogP contribution >= 0.6 is 0 Å². The van der Waals surface area contributed by atoms with Crippen LogP contribution in [0.4, 0.5) is 11.6 Å². The Labute approximate surface area is 139 Å². The molecule has 0 fully saturated rings.